The molecule has 1 aliphatic heterocycles. The van der Waals surface area contributed by atoms with Crippen molar-refractivity contribution in [2.45, 2.75) is 6.54 Å². The Hall–Kier alpha value is -0.610. The molecule has 2 rings (SSSR count). The van der Waals surface area contributed by atoms with E-state index in [1.807, 2.05) is 6.08 Å². The Bertz CT molecular complexity index is 443. The molecule has 19 heavy (non-hydrogen) atoms. The third-order valence-corrected chi connectivity index (χ3v) is 3.86. The number of hydrogen-bond acceptors (Lipinski definition) is 2. The van der Waals surface area contributed by atoms with Crippen molar-refractivity contribution in [2.24, 2.45) is 0 Å². The molecule has 5 heteroatoms. The molecule has 0 N–H and O–H groups in total. The maximum atomic E-state index is 13.0. The summed E-state index contributed by atoms with van der Waals surface area (Å²) in [5, 5.41) is 0.507. The third kappa shape index (κ3) is 4.46. The van der Waals surface area contributed by atoms with Crippen LogP contribution in [0, 0.1) is 5.82 Å². The maximum Gasteiger partial charge on any atom is 0.124 e. The van der Waals surface area contributed by atoms with Crippen LogP contribution in [0.1, 0.15) is 5.56 Å². The average Bonchev–Trinajstić information content (AvgIpc) is 2.41. The van der Waals surface area contributed by atoms with E-state index in [0.717, 1.165) is 44.8 Å². The van der Waals surface area contributed by atoms with Gasteiger partial charge in [0.05, 0.1) is 0 Å². The fourth-order valence-electron chi connectivity index (χ4n) is 2.21. The molecule has 0 bridgehead atoms. The average molecular weight is 303 g/mol. The van der Waals surface area contributed by atoms with Crippen LogP contribution in [0.15, 0.2) is 29.8 Å². The van der Waals surface area contributed by atoms with Crippen LogP contribution >= 0.6 is 23.2 Å². The summed E-state index contributed by atoms with van der Waals surface area (Å²) in [6.45, 7) is 5.68. The van der Waals surface area contributed by atoms with E-state index in [-0.39, 0.29) is 5.82 Å². The van der Waals surface area contributed by atoms with Crippen molar-refractivity contribution < 1.29 is 4.39 Å². The molecule has 1 saturated heterocycles. The summed E-state index contributed by atoms with van der Waals surface area (Å²) >= 11 is 11.6. The fourth-order valence-corrected chi connectivity index (χ4v) is 2.52. The number of rotatable bonds is 4. The van der Waals surface area contributed by atoms with Crippen molar-refractivity contribution in [1.82, 2.24) is 9.80 Å². The topological polar surface area (TPSA) is 6.48 Å². The number of benzene rings is 1. The predicted molar refractivity (Wildman–Crippen MR) is 78.1 cm³/mol. The highest BCUT2D eigenvalue weighted by atomic mass is 35.5. The predicted octanol–water partition coefficient (Wildman–Crippen LogP) is 3.35. The molecule has 0 spiro atoms. The summed E-state index contributed by atoms with van der Waals surface area (Å²) < 4.78 is 13.0. The van der Waals surface area contributed by atoms with E-state index >= 15 is 0 Å². The monoisotopic (exact) mass is 302 g/mol. The van der Waals surface area contributed by atoms with Gasteiger partial charge in [0.25, 0.3) is 0 Å². The Balaban J connectivity index is 1.85. The zero-order valence-corrected chi connectivity index (χ0v) is 12.2. The summed E-state index contributed by atoms with van der Waals surface area (Å²) in [5.41, 5.74) is 2.54. The van der Waals surface area contributed by atoms with Gasteiger partial charge in [-0.3, -0.25) is 9.80 Å². The summed E-state index contributed by atoms with van der Waals surface area (Å²) in [6.07, 6.45) is 1.95. The third-order valence-electron chi connectivity index (χ3n) is 3.33. The first-order chi connectivity index (χ1) is 9.19. The number of piperazine rings is 1. The lowest BCUT2D eigenvalue weighted by atomic mass is 10.2. The Kier molecular flexibility index (Phi) is 5.64. The van der Waals surface area contributed by atoms with Gasteiger partial charge in [0.15, 0.2) is 0 Å². The van der Waals surface area contributed by atoms with Crippen LogP contribution in [0.25, 0.3) is 0 Å². The molecule has 1 aliphatic rings. The first-order valence-electron chi connectivity index (χ1n) is 6.33. The Morgan fingerprint density at radius 2 is 1.84 bits per heavy atom. The molecule has 0 aromatic heterocycles. The van der Waals surface area contributed by atoms with Gasteiger partial charge in [0.2, 0.25) is 0 Å². The molecule has 1 fully saturated rings. The maximum absolute atomic E-state index is 13.0. The quantitative estimate of drug-likeness (QED) is 0.841. The van der Waals surface area contributed by atoms with Gasteiger partial charge in [-0.15, -0.1) is 0 Å². The lowest BCUT2D eigenvalue weighted by Crippen LogP contribution is -2.45. The summed E-state index contributed by atoms with van der Waals surface area (Å²) in [7, 11) is 0. The molecule has 0 unspecified atom stereocenters. The lowest BCUT2D eigenvalue weighted by Gasteiger charge is -2.34. The minimum Gasteiger partial charge on any atom is -0.297 e. The minimum absolute atomic E-state index is 0.286. The highest BCUT2D eigenvalue weighted by Gasteiger charge is 2.16. The van der Waals surface area contributed by atoms with Crippen molar-refractivity contribution in [3.8, 4) is 0 Å². The van der Waals surface area contributed by atoms with Crippen LogP contribution in [-0.2, 0) is 6.54 Å². The van der Waals surface area contributed by atoms with Crippen LogP contribution in [0.3, 0.4) is 0 Å². The highest BCUT2D eigenvalue weighted by Crippen LogP contribution is 2.19. The molecule has 1 heterocycles. The molecule has 1 aromatic rings. The largest absolute Gasteiger partial charge is 0.297 e. The van der Waals surface area contributed by atoms with Crippen molar-refractivity contribution in [3.63, 3.8) is 0 Å². The van der Waals surface area contributed by atoms with Gasteiger partial charge in [-0.1, -0.05) is 35.3 Å². The van der Waals surface area contributed by atoms with Gasteiger partial charge in [0.1, 0.15) is 5.82 Å². The van der Waals surface area contributed by atoms with Crippen molar-refractivity contribution in [3.05, 3.63) is 46.2 Å². The first-order valence-corrected chi connectivity index (χ1v) is 7.14. The second-order valence-electron chi connectivity index (χ2n) is 4.67. The van der Waals surface area contributed by atoms with Crippen LogP contribution in [0.4, 0.5) is 4.39 Å². The van der Waals surface area contributed by atoms with E-state index in [9.17, 15) is 4.39 Å². The fraction of sp³-hybridized carbons (Fsp3) is 0.429. The number of hydrogen-bond donors (Lipinski definition) is 0. The molecule has 0 atom stereocenters. The SMILES string of the molecule is Fc1ccc(CN2CCN(C/C=C/Cl)CC2)c(Cl)c1. The number of nitrogens with zero attached hydrogens (tertiary/aromatic N) is 2. The summed E-state index contributed by atoms with van der Waals surface area (Å²) in [6, 6.07) is 4.60. The van der Waals surface area contributed by atoms with Crippen LogP contribution < -0.4 is 0 Å². The van der Waals surface area contributed by atoms with Gasteiger partial charge >= 0.3 is 0 Å². The van der Waals surface area contributed by atoms with Crippen LogP contribution in [0.2, 0.25) is 5.02 Å². The van der Waals surface area contributed by atoms with Gasteiger partial charge in [-0.25, -0.2) is 4.39 Å². The van der Waals surface area contributed by atoms with E-state index < -0.39 is 0 Å². The van der Waals surface area contributed by atoms with Crippen molar-refractivity contribution >= 4 is 23.2 Å². The molecular formula is C14H17Cl2FN2. The Labute approximate surface area is 123 Å². The smallest absolute Gasteiger partial charge is 0.124 e. The van der Waals surface area contributed by atoms with Gasteiger partial charge in [0, 0.05) is 49.8 Å². The second-order valence-corrected chi connectivity index (χ2v) is 5.33. The standard InChI is InChI=1S/C14H17Cl2FN2/c15-4-1-5-18-6-8-19(9-7-18)11-12-2-3-13(17)10-14(12)16/h1-4,10H,5-9,11H2/b4-1+. The van der Waals surface area contributed by atoms with Gasteiger partial charge in [-0.2, -0.15) is 0 Å². The lowest BCUT2D eigenvalue weighted by molar-refractivity contribution is 0.137. The molecule has 0 aliphatic carbocycles. The Morgan fingerprint density at radius 1 is 1.16 bits per heavy atom. The molecule has 0 amide bonds. The molecular weight excluding hydrogens is 286 g/mol. The van der Waals surface area contributed by atoms with Crippen molar-refractivity contribution in [1.29, 1.82) is 0 Å². The molecule has 0 saturated carbocycles. The van der Waals surface area contributed by atoms with Crippen molar-refractivity contribution in [2.75, 3.05) is 32.7 Å². The van der Waals surface area contributed by atoms with E-state index in [1.165, 1.54) is 12.1 Å². The molecule has 1 aromatic carbocycles. The summed E-state index contributed by atoms with van der Waals surface area (Å²) in [5.74, 6) is -0.286. The summed E-state index contributed by atoms with van der Waals surface area (Å²) in [4.78, 5) is 4.68. The van der Waals surface area contributed by atoms with E-state index in [4.69, 9.17) is 23.2 Å². The molecule has 0 radical (unpaired) electrons. The minimum atomic E-state index is -0.286. The molecule has 104 valence electrons. The van der Waals surface area contributed by atoms with Crippen LogP contribution in [0.5, 0.6) is 0 Å². The highest BCUT2D eigenvalue weighted by molar-refractivity contribution is 6.31. The zero-order chi connectivity index (χ0) is 13.7. The van der Waals surface area contributed by atoms with Gasteiger partial charge in [-0.05, 0) is 17.7 Å². The molecule has 2 nitrogen and oxygen atoms in total. The number of halogens is 3. The second kappa shape index (κ2) is 7.25. The van der Waals surface area contributed by atoms with Gasteiger partial charge < -0.3 is 0 Å². The Morgan fingerprint density at radius 3 is 2.47 bits per heavy atom. The van der Waals surface area contributed by atoms with E-state index in [1.54, 1.807) is 11.6 Å². The van der Waals surface area contributed by atoms with Crippen LogP contribution in [-0.4, -0.2) is 42.5 Å². The zero-order valence-electron chi connectivity index (χ0n) is 10.7. The van der Waals surface area contributed by atoms with E-state index in [0.29, 0.717) is 5.02 Å². The van der Waals surface area contributed by atoms with E-state index in [2.05, 4.69) is 9.80 Å². The first kappa shape index (κ1) is 14.8. The normalized spacial score (nSPS) is 18.3.